The highest BCUT2D eigenvalue weighted by Crippen LogP contribution is 2.25. The number of amides is 1. The molecule has 1 amide bonds. The summed E-state index contributed by atoms with van der Waals surface area (Å²) in [6, 6.07) is 0.0392. The van der Waals surface area contributed by atoms with E-state index in [0.29, 0.717) is 12.5 Å². The molecule has 1 aromatic rings. The third-order valence-corrected chi connectivity index (χ3v) is 2.52. The predicted molar refractivity (Wildman–Crippen MR) is 60.2 cm³/mol. The number of carbonyl (C=O) groups is 1. The first kappa shape index (κ1) is 14.6. The number of aromatic hydroxyl groups is 1. The van der Waals surface area contributed by atoms with Crippen molar-refractivity contribution in [2.45, 2.75) is 19.4 Å². The van der Waals surface area contributed by atoms with Gasteiger partial charge in [-0.3, -0.25) is 4.79 Å². The third-order valence-electron chi connectivity index (χ3n) is 2.30. The SMILES string of the molecule is CC(CCCl)NC(=O)c1cc(F)c(F)c(O)c1F. The van der Waals surface area contributed by atoms with Crippen molar-refractivity contribution >= 4 is 17.5 Å². The first-order valence-electron chi connectivity index (χ1n) is 5.11. The van der Waals surface area contributed by atoms with Crippen molar-refractivity contribution in [3.8, 4) is 5.75 Å². The number of hydrogen-bond donors (Lipinski definition) is 2. The molecule has 0 spiro atoms. The summed E-state index contributed by atoms with van der Waals surface area (Å²) >= 11 is 5.45. The molecular formula is C11H11ClF3NO2. The summed E-state index contributed by atoms with van der Waals surface area (Å²) in [7, 11) is 0. The highest BCUT2D eigenvalue weighted by atomic mass is 35.5. The molecule has 3 nitrogen and oxygen atoms in total. The topological polar surface area (TPSA) is 49.3 Å². The van der Waals surface area contributed by atoms with E-state index in [4.69, 9.17) is 16.7 Å². The van der Waals surface area contributed by atoms with Gasteiger partial charge in [0.25, 0.3) is 5.91 Å². The Morgan fingerprint density at radius 1 is 1.44 bits per heavy atom. The van der Waals surface area contributed by atoms with Crippen LogP contribution in [0.5, 0.6) is 5.75 Å². The lowest BCUT2D eigenvalue weighted by molar-refractivity contribution is 0.0933. The number of benzene rings is 1. The molecular weight excluding hydrogens is 271 g/mol. The Bertz CT molecular complexity index is 468. The van der Waals surface area contributed by atoms with Gasteiger partial charge in [0.05, 0.1) is 5.56 Å². The van der Waals surface area contributed by atoms with Crippen molar-refractivity contribution in [1.82, 2.24) is 5.32 Å². The van der Waals surface area contributed by atoms with Gasteiger partial charge in [0.2, 0.25) is 5.82 Å². The molecule has 1 unspecified atom stereocenters. The molecule has 0 fully saturated rings. The Hall–Kier alpha value is -1.43. The first-order valence-corrected chi connectivity index (χ1v) is 5.65. The quantitative estimate of drug-likeness (QED) is 0.658. The second-order valence-corrected chi connectivity index (χ2v) is 4.11. The van der Waals surface area contributed by atoms with Gasteiger partial charge in [0, 0.05) is 11.9 Å². The van der Waals surface area contributed by atoms with E-state index in [1.807, 2.05) is 0 Å². The van der Waals surface area contributed by atoms with E-state index in [9.17, 15) is 18.0 Å². The number of nitrogens with one attached hydrogen (secondary N) is 1. The monoisotopic (exact) mass is 281 g/mol. The summed E-state index contributed by atoms with van der Waals surface area (Å²) in [4.78, 5) is 11.6. The zero-order chi connectivity index (χ0) is 13.9. The molecule has 100 valence electrons. The van der Waals surface area contributed by atoms with E-state index >= 15 is 0 Å². The van der Waals surface area contributed by atoms with E-state index in [0.717, 1.165) is 0 Å². The maximum absolute atomic E-state index is 13.4. The van der Waals surface area contributed by atoms with Gasteiger partial charge in [0.1, 0.15) is 0 Å². The van der Waals surface area contributed by atoms with Crippen LogP contribution in [0.15, 0.2) is 6.07 Å². The van der Waals surface area contributed by atoms with E-state index in [-0.39, 0.29) is 11.9 Å². The second-order valence-electron chi connectivity index (χ2n) is 3.73. The smallest absolute Gasteiger partial charge is 0.254 e. The molecule has 0 saturated heterocycles. The lowest BCUT2D eigenvalue weighted by Crippen LogP contribution is -2.33. The summed E-state index contributed by atoms with van der Waals surface area (Å²) in [5.74, 6) is -6.89. The zero-order valence-electron chi connectivity index (χ0n) is 9.44. The van der Waals surface area contributed by atoms with Crippen LogP contribution in [0.3, 0.4) is 0 Å². The molecule has 0 saturated carbocycles. The fourth-order valence-corrected chi connectivity index (χ4v) is 1.62. The fraction of sp³-hybridized carbons (Fsp3) is 0.364. The van der Waals surface area contributed by atoms with Crippen LogP contribution in [-0.4, -0.2) is 22.9 Å². The lowest BCUT2D eigenvalue weighted by atomic mass is 10.1. The molecule has 0 aliphatic rings. The summed E-state index contributed by atoms with van der Waals surface area (Å²) in [6.07, 6.45) is 0.435. The fourth-order valence-electron chi connectivity index (χ4n) is 1.29. The molecule has 0 aromatic heterocycles. The highest BCUT2D eigenvalue weighted by Gasteiger charge is 2.23. The maximum atomic E-state index is 13.4. The number of alkyl halides is 1. The third kappa shape index (κ3) is 3.07. The van der Waals surface area contributed by atoms with E-state index in [1.54, 1.807) is 6.92 Å². The molecule has 1 aromatic carbocycles. The minimum atomic E-state index is -1.72. The van der Waals surface area contributed by atoms with Crippen molar-refractivity contribution in [3.63, 3.8) is 0 Å². The number of rotatable bonds is 4. The number of halogens is 4. The van der Waals surface area contributed by atoms with Gasteiger partial charge in [-0.2, -0.15) is 4.39 Å². The van der Waals surface area contributed by atoms with Crippen molar-refractivity contribution in [3.05, 3.63) is 29.1 Å². The summed E-state index contributed by atoms with van der Waals surface area (Å²) in [5, 5.41) is 11.3. The van der Waals surface area contributed by atoms with Gasteiger partial charge in [-0.05, 0) is 19.4 Å². The van der Waals surface area contributed by atoms with Crippen LogP contribution in [0.2, 0.25) is 0 Å². The standard InChI is InChI=1S/C11H11ClF3NO2/c1-5(2-3-12)16-11(18)6-4-7(13)9(15)10(17)8(6)14/h4-5,17H,2-3H2,1H3,(H,16,18). The molecule has 2 N–H and O–H groups in total. The molecule has 7 heteroatoms. The Kier molecular flexibility index (Phi) is 4.84. The van der Waals surface area contributed by atoms with Gasteiger partial charge in [0.15, 0.2) is 17.4 Å². The number of phenolic OH excluding ortho intramolecular Hbond substituents is 1. The Morgan fingerprint density at radius 2 is 2.06 bits per heavy atom. The maximum Gasteiger partial charge on any atom is 0.254 e. The van der Waals surface area contributed by atoms with Gasteiger partial charge in [-0.1, -0.05) is 0 Å². The first-order chi connectivity index (χ1) is 8.38. The molecule has 0 aliphatic heterocycles. The lowest BCUT2D eigenvalue weighted by Gasteiger charge is -2.13. The van der Waals surface area contributed by atoms with Gasteiger partial charge < -0.3 is 10.4 Å². The molecule has 18 heavy (non-hydrogen) atoms. The van der Waals surface area contributed by atoms with Crippen molar-refractivity contribution in [1.29, 1.82) is 0 Å². The van der Waals surface area contributed by atoms with Crippen LogP contribution < -0.4 is 5.32 Å². The Balaban J connectivity index is 3.00. The van der Waals surface area contributed by atoms with E-state index in [1.165, 1.54) is 0 Å². The molecule has 1 atom stereocenters. The van der Waals surface area contributed by atoms with Crippen LogP contribution in [0.25, 0.3) is 0 Å². The van der Waals surface area contributed by atoms with Gasteiger partial charge in [-0.15, -0.1) is 11.6 Å². The summed E-state index contributed by atoms with van der Waals surface area (Å²) in [5.41, 5.74) is -0.757. The average molecular weight is 282 g/mol. The minimum Gasteiger partial charge on any atom is -0.503 e. The van der Waals surface area contributed by atoms with Crippen LogP contribution in [0, 0.1) is 17.5 Å². The van der Waals surface area contributed by atoms with E-state index < -0.39 is 34.7 Å². The summed E-state index contributed by atoms with van der Waals surface area (Å²) in [6.45, 7) is 1.62. The average Bonchev–Trinajstić information content (AvgIpc) is 2.31. The largest absolute Gasteiger partial charge is 0.503 e. The van der Waals surface area contributed by atoms with Crippen LogP contribution in [0.4, 0.5) is 13.2 Å². The van der Waals surface area contributed by atoms with Crippen molar-refractivity contribution in [2.75, 3.05) is 5.88 Å². The summed E-state index contributed by atoms with van der Waals surface area (Å²) < 4.78 is 39.2. The zero-order valence-corrected chi connectivity index (χ0v) is 10.2. The highest BCUT2D eigenvalue weighted by molar-refractivity contribution is 6.17. The van der Waals surface area contributed by atoms with Crippen LogP contribution in [-0.2, 0) is 0 Å². The van der Waals surface area contributed by atoms with Crippen molar-refractivity contribution in [2.24, 2.45) is 0 Å². The molecule has 0 aliphatic carbocycles. The Morgan fingerprint density at radius 3 is 2.61 bits per heavy atom. The molecule has 0 radical (unpaired) electrons. The minimum absolute atomic E-state index is 0.285. The molecule has 1 rings (SSSR count). The molecule has 0 bridgehead atoms. The van der Waals surface area contributed by atoms with Crippen LogP contribution in [0.1, 0.15) is 23.7 Å². The van der Waals surface area contributed by atoms with Gasteiger partial charge >= 0.3 is 0 Å². The van der Waals surface area contributed by atoms with Gasteiger partial charge in [-0.25, -0.2) is 8.78 Å². The molecule has 0 heterocycles. The normalized spacial score (nSPS) is 12.3. The Labute approximate surface area is 107 Å². The predicted octanol–water partition coefficient (Wildman–Crippen LogP) is 2.56. The number of phenols is 1. The van der Waals surface area contributed by atoms with E-state index in [2.05, 4.69) is 5.32 Å². The second kappa shape index (κ2) is 5.95. The number of hydrogen-bond acceptors (Lipinski definition) is 2. The van der Waals surface area contributed by atoms with Crippen molar-refractivity contribution < 1.29 is 23.1 Å². The van der Waals surface area contributed by atoms with Crippen LogP contribution >= 0.6 is 11.6 Å². The number of carbonyl (C=O) groups excluding carboxylic acids is 1.